The summed E-state index contributed by atoms with van der Waals surface area (Å²) in [6, 6.07) is 0.548. The SMILES string of the molecule is CCCNC(C)(CO)CC(C)N1CCCC(CC)CC1. The third kappa shape index (κ3) is 5.71. The molecule has 1 aliphatic heterocycles. The minimum Gasteiger partial charge on any atom is -0.394 e. The molecule has 0 spiro atoms. The Hall–Kier alpha value is -0.120. The summed E-state index contributed by atoms with van der Waals surface area (Å²) in [6.07, 6.45) is 7.55. The van der Waals surface area contributed by atoms with Crippen molar-refractivity contribution in [2.45, 2.75) is 77.8 Å². The molecule has 1 fully saturated rings. The molecule has 0 radical (unpaired) electrons. The topological polar surface area (TPSA) is 35.5 Å². The average molecular weight is 284 g/mol. The smallest absolute Gasteiger partial charge is 0.0611 e. The average Bonchev–Trinajstić information content (AvgIpc) is 2.70. The molecule has 1 aliphatic rings. The van der Waals surface area contributed by atoms with Gasteiger partial charge in [0.2, 0.25) is 0 Å². The molecular formula is C17H36N2O. The molecule has 0 aromatic carbocycles. The van der Waals surface area contributed by atoms with Crippen LogP contribution in [0.3, 0.4) is 0 Å². The molecule has 0 bridgehead atoms. The van der Waals surface area contributed by atoms with Crippen LogP contribution in [-0.2, 0) is 0 Å². The van der Waals surface area contributed by atoms with E-state index in [0.717, 1.165) is 25.3 Å². The van der Waals surface area contributed by atoms with Crippen molar-refractivity contribution in [3.8, 4) is 0 Å². The van der Waals surface area contributed by atoms with Crippen LogP contribution in [0.15, 0.2) is 0 Å². The normalized spacial score (nSPS) is 25.9. The maximum Gasteiger partial charge on any atom is 0.0611 e. The lowest BCUT2D eigenvalue weighted by Gasteiger charge is -2.36. The Morgan fingerprint density at radius 2 is 2.05 bits per heavy atom. The molecule has 0 aliphatic carbocycles. The van der Waals surface area contributed by atoms with Crippen LogP contribution in [0.2, 0.25) is 0 Å². The summed E-state index contributed by atoms with van der Waals surface area (Å²) < 4.78 is 0. The number of nitrogens with zero attached hydrogens (tertiary/aromatic N) is 1. The highest BCUT2D eigenvalue weighted by molar-refractivity contribution is 4.87. The van der Waals surface area contributed by atoms with Gasteiger partial charge in [0.15, 0.2) is 0 Å². The van der Waals surface area contributed by atoms with Gasteiger partial charge >= 0.3 is 0 Å². The molecule has 0 saturated carbocycles. The van der Waals surface area contributed by atoms with E-state index in [1.54, 1.807) is 0 Å². The summed E-state index contributed by atoms with van der Waals surface area (Å²) in [5.41, 5.74) is -0.133. The predicted octanol–water partition coefficient (Wildman–Crippen LogP) is 3.03. The standard InChI is InChI=1S/C17H36N2O/c1-5-10-18-17(4,14-20)13-15(3)19-11-7-8-16(6-2)9-12-19/h15-16,18,20H,5-14H2,1-4H3. The summed E-state index contributed by atoms with van der Waals surface area (Å²) in [5, 5.41) is 13.2. The van der Waals surface area contributed by atoms with E-state index in [1.165, 1.54) is 38.8 Å². The van der Waals surface area contributed by atoms with Crippen molar-refractivity contribution in [1.82, 2.24) is 10.2 Å². The van der Waals surface area contributed by atoms with E-state index in [2.05, 4.69) is 37.9 Å². The first-order valence-electron chi connectivity index (χ1n) is 8.64. The molecule has 120 valence electrons. The summed E-state index contributed by atoms with van der Waals surface area (Å²) in [7, 11) is 0. The van der Waals surface area contributed by atoms with E-state index in [9.17, 15) is 5.11 Å². The van der Waals surface area contributed by atoms with Gasteiger partial charge in [-0.25, -0.2) is 0 Å². The highest BCUT2D eigenvalue weighted by atomic mass is 16.3. The van der Waals surface area contributed by atoms with Gasteiger partial charge in [0.1, 0.15) is 0 Å². The second-order valence-corrected chi connectivity index (χ2v) is 6.94. The highest BCUT2D eigenvalue weighted by Gasteiger charge is 2.28. The highest BCUT2D eigenvalue weighted by Crippen LogP contribution is 2.24. The van der Waals surface area contributed by atoms with E-state index in [4.69, 9.17) is 0 Å². The van der Waals surface area contributed by atoms with Gasteiger partial charge in [0.25, 0.3) is 0 Å². The van der Waals surface area contributed by atoms with Crippen molar-refractivity contribution in [2.24, 2.45) is 5.92 Å². The molecule has 1 rings (SSSR count). The zero-order chi connectivity index (χ0) is 15.0. The predicted molar refractivity (Wildman–Crippen MR) is 87.1 cm³/mol. The van der Waals surface area contributed by atoms with Gasteiger partial charge < -0.3 is 15.3 Å². The summed E-state index contributed by atoms with van der Waals surface area (Å²) in [5.74, 6) is 0.926. The van der Waals surface area contributed by atoms with Crippen LogP contribution in [-0.4, -0.2) is 47.8 Å². The van der Waals surface area contributed by atoms with Crippen LogP contribution in [0.5, 0.6) is 0 Å². The summed E-state index contributed by atoms with van der Waals surface area (Å²) in [4.78, 5) is 2.64. The van der Waals surface area contributed by atoms with Crippen molar-refractivity contribution in [3.05, 3.63) is 0 Å². The van der Waals surface area contributed by atoms with Crippen molar-refractivity contribution in [2.75, 3.05) is 26.2 Å². The Kier molecular flexibility index (Phi) is 8.08. The first-order chi connectivity index (χ1) is 9.54. The fourth-order valence-electron chi connectivity index (χ4n) is 3.44. The quantitative estimate of drug-likeness (QED) is 0.719. The molecule has 1 heterocycles. The molecule has 1 saturated heterocycles. The molecule has 20 heavy (non-hydrogen) atoms. The number of likely N-dealkylation sites (tertiary alicyclic amines) is 1. The molecule has 2 N–H and O–H groups in total. The van der Waals surface area contributed by atoms with E-state index < -0.39 is 0 Å². The molecule has 3 heteroatoms. The lowest BCUT2D eigenvalue weighted by atomic mass is 9.93. The fraction of sp³-hybridized carbons (Fsp3) is 1.00. The van der Waals surface area contributed by atoms with Gasteiger partial charge in [0, 0.05) is 11.6 Å². The van der Waals surface area contributed by atoms with Crippen LogP contribution in [0.1, 0.15) is 66.2 Å². The van der Waals surface area contributed by atoms with Gasteiger partial charge in [0.05, 0.1) is 6.61 Å². The molecule has 0 aromatic heterocycles. The molecular weight excluding hydrogens is 248 g/mol. The van der Waals surface area contributed by atoms with Gasteiger partial charge in [-0.1, -0.05) is 20.3 Å². The number of rotatable bonds is 8. The summed E-state index contributed by atoms with van der Waals surface area (Å²) in [6.45, 7) is 12.7. The maximum atomic E-state index is 9.71. The largest absolute Gasteiger partial charge is 0.394 e. The van der Waals surface area contributed by atoms with Crippen LogP contribution in [0.4, 0.5) is 0 Å². The number of hydrogen-bond donors (Lipinski definition) is 2. The minimum absolute atomic E-state index is 0.133. The Morgan fingerprint density at radius 3 is 2.65 bits per heavy atom. The number of nitrogens with one attached hydrogen (secondary N) is 1. The van der Waals surface area contributed by atoms with Gasteiger partial charge in [-0.2, -0.15) is 0 Å². The third-order valence-corrected chi connectivity index (χ3v) is 4.98. The molecule has 3 atom stereocenters. The molecule has 3 nitrogen and oxygen atoms in total. The Labute approximate surface area is 126 Å². The minimum atomic E-state index is -0.133. The van der Waals surface area contributed by atoms with Gasteiger partial charge in [-0.05, 0) is 71.5 Å². The lowest BCUT2D eigenvalue weighted by molar-refractivity contribution is 0.115. The lowest BCUT2D eigenvalue weighted by Crippen LogP contribution is -2.51. The van der Waals surface area contributed by atoms with Crippen LogP contribution in [0, 0.1) is 5.92 Å². The Balaban J connectivity index is 2.49. The maximum absolute atomic E-state index is 9.71. The van der Waals surface area contributed by atoms with Crippen molar-refractivity contribution in [3.63, 3.8) is 0 Å². The van der Waals surface area contributed by atoms with Crippen molar-refractivity contribution < 1.29 is 5.11 Å². The van der Waals surface area contributed by atoms with Crippen LogP contribution >= 0.6 is 0 Å². The molecule has 0 aromatic rings. The molecule has 0 amide bonds. The number of hydrogen-bond acceptors (Lipinski definition) is 3. The zero-order valence-corrected chi connectivity index (χ0v) is 14.1. The first kappa shape index (κ1) is 17.9. The molecule has 3 unspecified atom stereocenters. The Bertz CT molecular complexity index is 259. The Morgan fingerprint density at radius 1 is 1.30 bits per heavy atom. The number of aliphatic hydroxyl groups excluding tert-OH is 1. The zero-order valence-electron chi connectivity index (χ0n) is 14.1. The second-order valence-electron chi connectivity index (χ2n) is 6.94. The number of aliphatic hydroxyl groups is 1. The second kappa shape index (κ2) is 9.01. The monoisotopic (exact) mass is 284 g/mol. The van der Waals surface area contributed by atoms with Crippen molar-refractivity contribution in [1.29, 1.82) is 0 Å². The van der Waals surface area contributed by atoms with Gasteiger partial charge in [-0.15, -0.1) is 0 Å². The van der Waals surface area contributed by atoms with E-state index >= 15 is 0 Å². The summed E-state index contributed by atoms with van der Waals surface area (Å²) >= 11 is 0. The van der Waals surface area contributed by atoms with E-state index in [0.29, 0.717) is 6.04 Å². The fourth-order valence-corrected chi connectivity index (χ4v) is 3.44. The van der Waals surface area contributed by atoms with E-state index in [1.807, 2.05) is 0 Å². The van der Waals surface area contributed by atoms with Gasteiger partial charge in [-0.3, -0.25) is 0 Å². The van der Waals surface area contributed by atoms with Crippen molar-refractivity contribution >= 4 is 0 Å². The van der Waals surface area contributed by atoms with E-state index in [-0.39, 0.29) is 12.1 Å². The van der Waals surface area contributed by atoms with Crippen LogP contribution in [0.25, 0.3) is 0 Å². The third-order valence-electron chi connectivity index (χ3n) is 4.98. The first-order valence-corrected chi connectivity index (χ1v) is 8.64. The van der Waals surface area contributed by atoms with Crippen LogP contribution < -0.4 is 5.32 Å².